The van der Waals surface area contributed by atoms with Gasteiger partial charge in [-0.05, 0) is 12.1 Å². The Morgan fingerprint density at radius 2 is 2.18 bits per heavy atom. The van der Waals surface area contributed by atoms with E-state index in [-0.39, 0.29) is 23.3 Å². The van der Waals surface area contributed by atoms with Crippen molar-refractivity contribution in [3.8, 4) is 0 Å². The van der Waals surface area contributed by atoms with Gasteiger partial charge in [0.25, 0.3) is 11.8 Å². The second-order valence-corrected chi connectivity index (χ2v) is 4.49. The van der Waals surface area contributed by atoms with Gasteiger partial charge in [0.2, 0.25) is 5.82 Å². The Morgan fingerprint density at radius 3 is 2.91 bits per heavy atom. The van der Waals surface area contributed by atoms with Crippen molar-refractivity contribution in [2.75, 3.05) is 26.8 Å². The first-order valence-corrected chi connectivity index (χ1v) is 6.82. The van der Waals surface area contributed by atoms with E-state index in [0.29, 0.717) is 25.2 Å². The summed E-state index contributed by atoms with van der Waals surface area (Å²) in [5, 5.41) is 5.35. The molecule has 0 fully saturated rings. The predicted molar refractivity (Wildman–Crippen MR) is 81.9 cm³/mol. The quantitative estimate of drug-likeness (QED) is 0.580. The van der Waals surface area contributed by atoms with E-state index in [4.69, 9.17) is 4.74 Å². The Hall–Kier alpha value is -2.67. The van der Waals surface area contributed by atoms with Crippen LogP contribution in [0.25, 0.3) is 5.52 Å². The third-order valence-corrected chi connectivity index (χ3v) is 2.97. The van der Waals surface area contributed by atoms with E-state index in [1.54, 1.807) is 42.0 Å². The third-order valence-electron chi connectivity index (χ3n) is 2.97. The molecule has 0 aliphatic heterocycles. The van der Waals surface area contributed by atoms with Gasteiger partial charge in [-0.2, -0.15) is 0 Å². The summed E-state index contributed by atoms with van der Waals surface area (Å²) in [4.78, 5) is 28.5. The monoisotopic (exact) mass is 302 g/mol. The van der Waals surface area contributed by atoms with Crippen LogP contribution in [0, 0.1) is 0 Å². The van der Waals surface area contributed by atoms with Crippen LogP contribution in [-0.2, 0) is 4.74 Å². The molecule has 2 heterocycles. The van der Waals surface area contributed by atoms with E-state index in [1.807, 2.05) is 0 Å². The molecule has 0 saturated heterocycles. The van der Waals surface area contributed by atoms with Gasteiger partial charge < -0.3 is 15.4 Å². The number of hydrogen-bond acceptors (Lipinski definition) is 4. The fraction of sp³-hybridized carbons (Fsp3) is 0.267. The average molecular weight is 302 g/mol. The van der Waals surface area contributed by atoms with Crippen LogP contribution < -0.4 is 10.6 Å². The molecule has 0 aromatic carbocycles. The summed E-state index contributed by atoms with van der Waals surface area (Å²) >= 11 is 0. The largest absolute Gasteiger partial charge is 0.383 e. The summed E-state index contributed by atoms with van der Waals surface area (Å²) in [6.45, 7) is 4.66. The Bertz CT molecular complexity index is 693. The molecule has 0 radical (unpaired) electrons. The maximum absolute atomic E-state index is 12.2. The highest BCUT2D eigenvalue weighted by Crippen LogP contribution is 2.13. The number of rotatable bonds is 7. The van der Waals surface area contributed by atoms with Crippen molar-refractivity contribution >= 4 is 17.3 Å². The molecule has 2 aromatic heterocycles. The van der Waals surface area contributed by atoms with Gasteiger partial charge in [0, 0.05) is 26.4 Å². The Balaban J connectivity index is 2.33. The summed E-state index contributed by atoms with van der Waals surface area (Å²) < 4.78 is 6.48. The maximum atomic E-state index is 12.2. The molecular formula is C15H18N4O3. The Kier molecular flexibility index (Phi) is 5.26. The minimum absolute atomic E-state index is 0.161. The van der Waals surface area contributed by atoms with Crippen LogP contribution in [0.5, 0.6) is 0 Å². The van der Waals surface area contributed by atoms with Crippen LogP contribution >= 0.6 is 0 Å². The molecular weight excluding hydrogens is 284 g/mol. The average Bonchev–Trinajstić information content (AvgIpc) is 2.92. The van der Waals surface area contributed by atoms with Gasteiger partial charge in [0.15, 0.2) is 5.69 Å². The fourth-order valence-corrected chi connectivity index (χ4v) is 1.96. The first-order chi connectivity index (χ1) is 10.7. The number of hydrogen-bond donors (Lipinski definition) is 2. The van der Waals surface area contributed by atoms with E-state index < -0.39 is 0 Å². The highest BCUT2D eigenvalue weighted by Gasteiger charge is 2.20. The number of nitrogens with one attached hydrogen (secondary N) is 2. The standard InChI is InChI=1S/C15H18N4O3/c1-3-7-16-15(21)13-18-12(14(20)17-8-10-22-2)11-6-4-5-9-19(11)13/h3-6,9H,1,7-8,10H2,2H3,(H,16,21)(H,17,20). The summed E-state index contributed by atoms with van der Waals surface area (Å²) in [6.07, 6.45) is 3.27. The molecule has 0 bridgehead atoms. The smallest absolute Gasteiger partial charge is 0.287 e. The molecule has 0 aliphatic rings. The summed E-state index contributed by atoms with van der Waals surface area (Å²) in [5.74, 6) is -0.546. The molecule has 0 atom stereocenters. The van der Waals surface area contributed by atoms with Gasteiger partial charge in [0.05, 0.1) is 12.1 Å². The first-order valence-electron chi connectivity index (χ1n) is 6.82. The van der Waals surface area contributed by atoms with Crippen LogP contribution in [0.3, 0.4) is 0 Å². The summed E-state index contributed by atoms with van der Waals surface area (Å²) in [5.41, 5.74) is 0.779. The number of methoxy groups -OCH3 is 1. The zero-order valence-corrected chi connectivity index (χ0v) is 12.3. The number of nitrogens with zero attached hydrogens (tertiary/aromatic N) is 2. The molecule has 2 rings (SSSR count). The van der Waals surface area contributed by atoms with Crippen molar-refractivity contribution < 1.29 is 14.3 Å². The minimum Gasteiger partial charge on any atom is -0.383 e. The molecule has 22 heavy (non-hydrogen) atoms. The number of aromatic nitrogens is 2. The lowest BCUT2D eigenvalue weighted by Gasteiger charge is -2.02. The molecule has 0 aliphatic carbocycles. The normalized spacial score (nSPS) is 10.4. The fourth-order valence-electron chi connectivity index (χ4n) is 1.96. The number of pyridine rings is 1. The van der Waals surface area contributed by atoms with Crippen LogP contribution in [0.1, 0.15) is 21.1 Å². The van der Waals surface area contributed by atoms with Crippen LogP contribution in [-0.4, -0.2) is 48.0 Å². The van der Waals surface area contributed by atoms with Gasteiger partial charge in [-0.25, -0.2) is 4.98 Å². The number of imidazole rings is 1. The van der Waals surface area contributed by atoms with Gasteiger partial charge in [-0.1, -0.05) is 12.1 Å². The number of amides is 2. The molecule has 0 saturated carbocycles. The molecule has 2 N–H and O–H groups in total. The van der Waals surface area contributed by atoms with Crippen molar-refractivity contribution in [1.82, 2.24) is 20.0 Å². The van der Waals surface area contributed by atoms with E-state index in [1.165, 1.54) is 0 Å². The second-order valence-electron chi connectivity index (χ2n) is 4.49. The maximum Gasteiger partial charge on any atom is 0.287 e. The molecule has 0 spiro atoms. The number of carbonyl (C=O) groups excluding carboxylic acids is 2. The number of carbonyl (C=O) groups is 2. The van der Waals surface area contributed by atoms with Crippen LogP contribution in [0.15, 0.2) is 37.1 Å². The zero-order chi connectivity index (χ0) is 15.9. The Labute approximate surface area is 128 Å². The third kappa shape index (κ3) is 3.32. The van der Waals surface area contributed by atoms with Crippen molar-refractivity contribution in [1.29, 1.82) is 0 Å². The molecule has 116 valence electrons. The van der Waals surface area contributed by atoms with Crippen molar-refractivity contribution in [2.45, 2.75) is 0 Å². The Morgan fingerprint density at radius 1 is 1.36 bits per heavy atom. The predicted octanol–water partition coefficient (Wildman–Crippen LogP) is 0.626. The summed E-state index contributed by atoms with van der Waals surface area (Å²) in [7, 11) is 1.56. The summed E-state index contributed by atoms with van der Waals surface area (Å²) in [6, 6.07) is 5.29. The lowest BCUT2D eigenvalue weighted by Crippen LogP contribution is -2.28. The molecule has 0 unspecified atom stereocenters. The molecule has 7 heteroatoms. The van der Waals surface area contributed by atoms with Gasteiger partial charge in [-0.15, -0.1) is 6.58 Å². The second kappa shape index (κ2) is 7.37. The first kappa shape index (κ1) is 15.7. The lowest BCUT2D eigenvalue weighted by molar-refractivity contribution is 0.0934. The van der Waals surface area contributed by atoms with E-state index in [0.717, 1.165) is 0 Å². The zero-order valence-electron chi connectivity index (χ0n) is 12.3. The van der Waals surface area contributed by atoms with Crippen molar-refractivity contribution in [2.24, 2.45) is 0 Å². The van der Waals surface area contributed by atoms with Gasteiger partial charge in [-0.3, -0.25) is 14.0 Å². The van der Waals surface area contributed by atoms with Crippen LogP contribution in [0.4, 0.5) is 0 Å². The van der Waals surface area contributed by atoms with Crippen molar-refractivity contribution in [3.63, 3.8) is 0 Å². The van der Waals surface area contributed by atoms with E-state index in [2.05, 4.69) is 22.2 Å². The van der Waals surface area contributed by atoms with E-state index >= 15 is 0 Å². The number of fused-ring (bicyclic) bond motifs is 1. The lowest BCUT2D eigenvalue weighted by atomic mass is 10.3. The van der Waals surface area contributed by atoms with Gasteiger partial charge >= 0.3 is 0 Å². The topological polar surface area (TPSA) is 84.7 Å². The minimum atomic E-state index is -0.364. The van der Waals surface area contributed by atoms with E-state index in [9.17, 15) is 9.59 Å². The van der Waals surface area contributed by atoms with Gasteiger partial charge in [0.1, 0.15) is 0 Å². The van der Waals surface area contributed by atoms with Crippen molar-refractivity contribution in [3.05, 3.63) is 48.6 Å². The van der Waals surface area contributed by atoms with Crippen LogP contribution in [0.2, 0.25) is 0 Å². The molecule has 2 amide bonds. The highest BCUT2D eigenvalue weighted by atomic mass is 16.5. The highest BCUT2D eigenvalue weighted by molar-refractivity contribution is 6.02. The SMILES string of the molecule is C=CCNC(=O)c1nc(C(=O)NCCOC)c2ccccn12. The molecule has 7 nitrogen and oxygen atoms in total. The number of ether oxygens (including phenoxy) is 1. The molecule has 2 aromatic rings.